The molecule has 1 N–H and O–H groups in total. The second kappa shape index (κ2) is 15.6. The fraction of sp³-hybridized carbons (Fsp3) is 0.382. The zero-order valence-corrected chi connectivity index (χ0v) is 24.6. The summed E-state index contributed by atoms with van der Waals surface area (Å²) in [6, 6.07) is 26.9. The van der Waals surface area contributed by atoms with Crippen molar-refractivity contribution in [3.05, 3.63) is 101 Å². The molecule has 0 spiro atoms. The summed E-state index contributed by atoms with van der Waals surface area (Å²) in [4.78, 5) is 16.7. The number of nitrogens with zero attached hydrogens (tertiary/aromatic N) is 2. The molecule has 0 radical (unpaired) electrons. The Balaban J connectivity index is 1.19. The van der Waals surface area contributed by atoms with Gasteiger partial charge in [-0.15, -0.1) is 0 Å². The van der Waals surface area contributed by atoms with Gasteiger partial charge in [-0.05, 0) is 92.3 Å². The third kappa shape index (κ3) is 9.81. The van der Waals surface area contributed by atoms with Crippen LogP contribution in [0.5, 0.6) is 5.75 Å². The summed E-state index contributed by atoms with van der Waals surface area (Å²) in [7, 11) is 0. The normalized spacial score (nSPS) is 14.8. The fourth-order valence-corrected chi connectivity index (χ4v) is 5.08. The number of halogens is 1. The second-order valence-corrected chi connectivity index (χ2v) is 11.2. The van der Waals surface area contributed by atoms with Gasteiger partial charge >= 0.3 is 0 Å². The van der Waals surface area contributed by atoms with Gasteiger partial charge in [-0.25, -0.2) is 0 Å². The van der Waals surface area contributed by atoms with Crippen LogP contribution in [-0.4, -0.2) is 67.6 Å². The Morgan fingerprint density at radius 3 is 2.12 bits per heavy atom. The van der Waals surface area contributed by atoms with Crippen LogP contribution < -0.4 is 10.1 Å². The summed E-state index contributed by atoms with van der Waals surface area (Å²) in [5, 5.41) is 3.71. The van der Waals surface area contributed by atoms with Crippen molar-refractivity contribution in [2.75, 3.05) is 45.9 Å². The van der Waals surface area contributed by atoms with Gasteiger partial charge in [0.25, 0.3) is 0 Å². The minimum absolute atomic E-state index is 0.128. The number of nitrogens with one attached hydrogen (secondary N) is 1. The van der Waals surface area contributed by atoms with Crippen molar-refractivity contribution in [2.24, 2.45) is 0 Å². The van der Waals surface area contributed by atoms with Crippen LogP contribution in [0.3, 0.4) is 0 Å². The van der Waals surface area contributed by atoms with Crippen LogP contribution in [0, 0.1) is 0 Å². The molecule has 0 atom stereocenters. The van der Waals surface area contributed by atoms with Crippen LogP contribution in [0.2, 0.25) is 5.02 Å². The highest BCUT2D eigenvalue weighted by atomic mass is 35.5. The number of ether oxygens (including phenoxy) is 1. The van der Waals surface area contributed by atoms with Crippen LogP contribution >= 0.6 is 11.6 Å². The maximum atomic E-state index is 12.0. The van der Waals surface area contributed by atoms with E-state index in [0.29, 0.717) is 6.54 Å². The predicted octanol–water partition coefficient (Wildman–Crippen LogP) is 6.62. The molecule has 1 heterocycles. The Labute approximate surface area is 244 Å². The van der Waals surface area contributed by atoms with Crippen molar-refractivity contribution in [3.8, 4) is 5.75 Å². The fourth-order valence-electron chi connectivity index (χ4n) is 4.96. The zero-order valence-electron chi connectivity index (χ0n) is 23.8. The van der Waals surface area contributed by atoms with Crippen LogP contribution in [0.15, 0.2) is 78.9 Å². The molecule has 1 fully saturated rings. The molecule has 1 amide bonds. The first-order valence-corrected chi connectivity index (χ1v) is 14.8. The predicted molar refractivity (Wildman–Crippen MR) is 167 cm³/mol. The van der Waals surface area contributed by atoms with Crippen LogP contribution in [0.1, 0.15) is 49.8 Å². The second-order valence-electron chi connectivity index (χ2n) is 10.7. The first kappa shape index (κ1) is 29.9. The van der Waals surface area contributed by atoms with E-state index in [1.807, 2.05) is 32.0 Å². The third-order valence-corrected chi connectivity index (χ3v) is 7.35. The van der Waals surface area contributed by atoms with Crippen molar-refractivity contribution in [2.45, 2.75) is 39.2 Å². The van der Waals surface area contributed by atoms with E-state index in [2.05, 4.69) is 81.9 Å². The minimum atomic E-state index is 0.128. The minimum Gasteiger partial charge on any atom is -0.494 e. The Bertz CT molecular complexity index is 1200. The quantitative estimate of drug-likeness (QED) is 0.189. The SMILES string of the molecule is CC(C)NC(=O)CN1CCN(CCCCCOc2ccc(C(=Cc3ccccc3)c3ccc(Cl)cc3)cc2)CC1. The summed E-state index contributed by atoms with van der Waals surface area (Å²) in [6.07, 6.45) is 5.57. The highest BCUT2D eigenvalue weighted by Crippen LogP contribution is 2.28. The molecule has 0 aromatic heterocycles. The van der Waals surface area contributed by atoms with E-state index in [1.165, 1.54) is 6.42 Å². The summed E-state index contributed by atoms with van der Waals surface area (Å²) in [6.45, 7) is 10.3. The lowest BCUT2D eigenvalue weighted by Gasteiger charge is -2.34. The van der Waals surface area contributed by atoms with Gasteiger partial charge < -0.3 is 15.0 Å². The van der Waals surface area contributed by atoms with Gasteiger partial charge in [0.2, 0.25) is 5.91 Å². The first-order valence-electron chi connectivity index (χ1n) is 14.5. The lowest BCUT2D eigenvalue weighted by molar-refractivity contribution is -0.123. The number of hydrogen-bond donors (Lipinski definition) is 1. The van der Waals surface area contributed by atoms with Crippen molar-refractivity contribution in [3.63, 3.8) is 0 Å². The Kier molecular flexibility index (Phi) is 11.7. The lowest BCUT2D eigenvalue weighted by atomic mass is 9.95. The standard InChI is InChI=1S/C34H42ClN3O2/c1-27(2)36-34(39)26-38-22-20-37(21-23-38)19-7-4-8-24-40-32-17-13-30(14-18-32)33(25-28-9-5-3-6-10-28)29-11-15-31(35)16-12-29/h3,5-6,9-18,25,27H,4,7-8,19-24,26H2,1-2H3,(H,36,39). The lowest BCUT2D eigenvalue weighted by Crippen LogP contribution is -2.50. The molecule has 1 aliphatic rings. The van der Waals surface area contributed by atoms with E-state index >= 15 is 0 Å². The summed E-state index contributed by atoms with van der Waals surface area (Å²) >= 11 is 6.14. The average molecular weight is 560 g/mol. The molecule has 5 nitrogen and oxygen atoms in total. The van der Waals surface area contributed by atoms with Crippen molar-refractivity contribution in [1.29, 1.82) is 0 Å². The van der Waals surface area contributed by atoms with E-state index in [0.717, 1.165) is 85.2 Å². The van der Waals surface area contributed by atoms with Crippen LogP contribution in [-0.2, 0) is 4.79 Å². The molecule has 1 aliphatic heterocycles. The number of amides is 1. The monoisotopic (exact) mass is 559 g/mol. The number of carbonyl (C=O) groups excluding carboxylic acids is 1. The van der Waals surface area contributed by atoms with Crippen LogP contribution in [0.4, 0.5) is 0 Å². The summed E-state index contributed by atoms with van der Waals surface area (Å²) < 4.78 is 6.06. The van der Waals surface area contributed by atoms with Gasteiger partial charge in [0.15, 0.2) is 0 Å². The Hall–Kier alpha value is -3.12. The molecule has 0 aliphatic carbocycles. The molecule has 212 valence electrons. The van der Waals surface area contributed by atoms with E-state index in [1.54, 1.807) is 0 Å². The molecule has 0 saturated carbocycles. The van der Waals surface area contributed by atoms with Crippen molar-refractivity contribution < 1.29 is 9.53 Å². The van der Waals surface area contributed by atoms with Gasteiger partial charge in [0.1, 0.15) is 5.75 Å². The maximum Gasteiger partial charge on any atom is 0.234 e. The van der Waals surface area contributed by atoms with Gasteiger partial charge in [-0.3, -0.25) is 9.69 Å². The number of piperazine rings is 1. The molecule has 1 saturated heterocycles. The van der Waals surface area contributed by atoms with Gasteiger partial charge in [0.05, 0.1) is 13.2 Å². The zero-order chi connectivity index (χ0) is 28.2. The smallest absolute Gasteiger partial charge is 0.234 e. The maximum absolute atomic E-state index is 12.0. The summed E-state index contributed by atoms with van der Waals surface area (Å²) in [5.74, 6) is 1.03. The molecule has 40 heavy (non-hydrogen) atoms. The number of rotatable bonds is 13. The van der Waals surface area contributed by atoms with E-state index in [-0.39, 0.29) is 11.9 Å². The number of hydrogen-bond acceptors (Lipinski definition) is 4. The molecular weight excluding hydrogens is 518 g/mol. The molecular formula is C34H42ClN3O2. The molecule has 6 heteroatoms. The van der Waals surface area contributed by atoms with Crippen LogP contribution in [0.25, 0.3) is 11.6 Å². The Morgan fingerprint density at radius 2 is 1.48 bits per heavy atom. The van der Waals surface area contributed by atoms with Crippen molar-refractivity contribution in [1.82, 2.24) is 15.1 Å². The molecule has 0 bridgehead atoms. The Morgan fingerprint density at radius 1 is 0.850 bits per heavy atom. The van der Waals surface area contributed by atoms with Gasteiger partial charge in [-0.2, -0.15) is 0 Å². The highest BCUT2D eigenvalue weighted by molar-refractivity contribution is 6.30. The van der Waals surface area contributed by atoms with Crippen molar-refractivity contribution >= 4 is 29.2 Å². The number of unbranched alkanes of at least 4 members (excludes halogenated alkanes) is 2. The molecule has 3 aromatic carbocycles. The number of carbonyl (C=O) groups is 1. The van der Waals surface area contributed by atoms with Gasteiger partial charge in [-0.1, -0.05) is 66.2 Å². The average Bonchev–Trinajstić information content (AvgIpc) is 2.95. The van der Waals surface area contributed by atoms with E-state index in [9.17, 15) is 4.79 Å². The largest absolute Gasteiger partial charge is 0.494 e. The third-order valence-electron chi connectivity index (χ3n) is 7.10. The topological polar surface area (TPSA) is 44.8 Å². The van der Waals surface area contributed by atoms with E-state index in [4.69, 9.17) is 16.3 Å². The molecule has 4 rings (SSSR count). The highest BCUT2D eigenvalue weighted by Gasteiger charge is 2.18. The number of benzene rings is 3. The molecule has 0 unspecified atom stereocenters. The molecule has 3 aromatic rings. The van der Waals surface area contributed by atoms with Gasteiger partial charge in [0, 0.05) is 37.2 Å². The summed E-state index contributed by atoms with van der Waals surface area (Å²) in [5.41, 5.74) is 4.57. The first-order chi connectivity index (χ1) is 19.5. The van der Waals surface area contributed by atoms with E-state index < -0.39 is 0 Å².